The van der Waals surface area contributed by atoms with Gasteiger partial charge in [-0.1, -0.05) is 24.3 Å². The van der Waals surface area contributed by atoms with Crippen LogP contribution in [-0.2, 0) is 9.84 Å². The maximum Gasteiger partial charge on any atom is 0.175 e. The molecular weight excluding hydrogens is 347 g/mol. The Kier molecular flexibility index (Phi) is 4.27. The standard InChI is InChI=1S/C14H12BrFO3S/c1-20(18,19)10-5-2-4-9(8-10)14(17)11-6-3-7-12(15)13(11)16/h2-8,14,17H,1H3. The fraction of sp³-hybridized carbons (Fsp3) is 0.143. The smallest absolute Gasteiger partial charge is 0.175 e. The van der Waals surface area contributed by atoms with Crippen molar-refractivity contribution in [3.63, 3.8) is 0 Å². The Hall–Kier alpha value is -1.24. The van der Waals surface area contributed by atoms with E-state index in [1.165, 1.54) is 30.3 Å². The number of benzene rings is 2. The lowest BCUT2D eigenvalue weighted by Crippen LogP contribution is -2.05. The summed E-state index contributed by atoms with van der Waals surface area (Å²) >= 11 is 3.05. The van der Waals surface area contributed by atoms with E-state index in [4.69, 9.17) is 0 Å². The number of hydrogen-bond acceptors (Lipinski definition) is 3. The van der Waals surface area contributed by atoms with E-state index in [-0.39, 0.29) is 14.9 Å². The summed E-state index contributed by atoms with van der Waals surface area (Å²) < 4.78 is 37.2. The van der Waals surface area contributed by atoms with Crippen LogP contribution in [0.5, 0.6) is 0 Å². The fourth-order valence-electron chi connectivity index (χ4n) is 1.83. The molecule has 0 fully saturated rings. The van der Waals surface area contributed by atoms with Gasteiger partial charge in [-0.25, -0.2) is 12.8 Å². The van der Waals surface area contributed by atoms with Crippen LogP contribution in [0.25, 0.3) is 0 Å². The first-order chi connectivity index (χ1) is 9.30. The van der Waals surface area contributed by atoms with Crippen molar-refractivity contribution in [3.8, 4) is 0 Å². The van der Waals surface area contributed by atoms with Crippen LogP contribution < -0.4 is 0 Å². The number of halogens is 2. The molecule has 2 rings (SSSR count). The Bertz CT molecular complexity index is 744. The Balaban J connectivity index is 2.49. The highest BCUT2D eigenvalue weighted by Crippen LogP contribution is 2.29. The maximum absolute atomic E-state index is 13.9. The highest BCUT2D eigenvalue weighted by molar-refractivity contribution is 9.10. The minimum absolute atomic E-state index is 0.0875. The third-order valence-electron chi connectivity index (χ3n) is 2.88. The summed E-state index contributed by atoms with van der Waals surface area (Å²) in [5.41, 5.74) is 0.412. The van der Waals surface area contributed by atoms with Crippen LogP contribution in [0.4, 0.5) is 4.39 Å². The average molecular weight is 359 g/mol. The van der Waals surface area contributed by atoms with E-state index in [0.717, 1.165) is 6.26 Å². The van der Waals surface area contributed by atoms with Crippen LogP contribution in [0, 0.1) is 5.82 Å². The molecular formula is C14H12BrFO3S. The summed E-state index contributed by atoms with van der Waals surface area (Å²) in [6.07, 6.45) is -0.146. The normalized spacial score (nSPS) is 13.2. The monoisotopic (exact) mass is 358 g/mol. The zero-order valence-electron chi connectivity index (χ0n) is 10.5. The van der Waals surface area contributed by atoms with E-state index in [1.54, 1.807) is 12.1 Å². The van der Waals surface area contributed by atoms with Gasteiger partial charge in [0.15, 0.2) is 9.84 Å². The second-order valence-electron chi connectivity index (χ2n) is 4.39. The molecule has 106 valence electrons. The van der Waals surface area contributed by atoms with E-state index in [1.807, 2.05) is 0 Å². The van der Waals surface area contributed by atoms with Gasteiger partial charge < -0.3 is 5.11 Å². The van der Waals surface area contributed by atoms with E-state index in [2.05, 4.69) is 15.9 Å². The number of hydrogen-bond donors (Lipinski definition) is 1. The lowest BCUT2D eigenvalue weighted by Gasteiger charge is -2.14. The molecule has 1 atom stereocenters. The van der Waals surface area contributed by atoms with E-state index in [0.29, 0.717) is 5.56 Å². The topological polar surface area (TPSA) is 54.4 Å². The van der Waals surface area contributed by atoms with E-state index < -0.39 is 21.8 Å². The summed E-state index contributed by atoms with van der Waals surface area (Å²) in [5.74, 6) is -0.565. The molecule has 3 nitrogen and oxygen atoms in total. The Labute approximate surface area is 125 Å². The number of sulfone groups is 1. The van der Waals surface area contributed by atoms with Crippen LogP contribution in [0.1, 0.15) is 17.2 Å². The van der Waals surface area contributed by atoms with Crippen LogP contribution in [-0.4, -0.2) is 19.8 Å². The van der Waals surface area contributed by atoms with Crippen molar-refractivity contribution in [3.05, 3.63) is 63.9 Å². The van der Waals surface area contributed by atoms with Crippen LogP contribution in [0.2, 0.25) is 0 Å². The van der Waals surface area contributed by atoms with Crippen molar-refractivity contribution >= 4 is 25.8 Å². The van der Waals surface area contributed by atoms with Crippen molar-refractivity contribution in [1.29, 1.82) is 0 Å². The number of aliphatic hydroxyl groups excluding tert-OH is 1. The first-order valence-corrected chi connectivity index (χ1v) is 8.41. The molecule has 0 bridgehead atoms. The second kappa shape index (κ2) is 5.63. The van der Waals surface area contributed by atoms with Gasteiger partial charge in [0.2, 0.25) is 0 Å². The molecule has 0 aromatic heterocycles. The van der Waals surface area contributed by atoms with Gasteiger partial charge in [0, 0.05) is 11.8 Å². The largest absolute Gasteiger partial charge is 0.384 e. The summed E-state index contributed by atoms with van der Waals surface area (Å²) in [6, 6.07) is 10.4. The summed E-state index contributed by atoms with van der Waals surface area (Å²) in [6.45, 7) is 0. The van der Waals surface area contributed by atoms with Gasteiger partial charge in [-0.15, -0.1) is 0 Å². The SMILES string of the molecule is CS(=O)(=O)c1cccc(C(O)c2cccc(Br)c2F)c1. The highest BCUT2D eigenvalue weighted by Gasteiger charge is 2.18. The van der Waals surface area contributed by atoms with Crippen molar-refractivity contribution in [1.82, 2.24) is 0 Å². The predicted molar refractivity (Wildman–Crippen MR) is 77.7 cm³/mol. The molecule has 0 aliphatic carbocycles. The molecule has 1 N–H and O–H groups in total. The molecule has 1 unspecified atom stereocenters. The van der Waals surface area contributed by atoms with Crippen LogP contribution in [0.15, 0.2) is 51.8 Å². The van der Waals surface area contributed by atoms with Crippen molar-refractivity contribution < 1.29 is 17.9 Å². The minimum Gasteiger partial charge on any atom is -0.384 e. The molecule has 2 aromatic carbocycles. The summed E-state index contributed by atoms with van der Waals surface area (Å²) in [7, 11) is -3.37. The molecule has 0 amide bonds. The van der Waals surface area contributed by atoms with Gasteiger partial charge in [0.25, 0.3) is 0 Å². The zero-order valence-corrected chi connectivity index (χ0v) is 12.9. The zero-order chi connectivity index (χ0) is 14.9. The van der Waals surface area contributed by atoms with Gasteiger partial charge in [0.05, 0.1) is 9.37 Å². The average Bonchev–Trinajstić information content (AvgIpc) is 2.40. The van der Waals surface area contributed by atoms with Crippen LogP contribution >= 0.6 is 15.9 Å². The quantitative estimate of drug-likeness (QED) is 0.917. The van der Waals surface area contributed by atoms with Gasteiger partial charge in [-0.2, -0.15) is 0 Å². The van der Waals surface area contributed by atoms with Gasteiger partial charge >= 0.3 is 0 Å². The van der Waals surface area contributed by atoms with Crippen molar-refractivity contribution in [2.45, 2.75) is 11.0 Å². The molecule has 0 saturated carbocycles. The number of aliphatic hydroxyl groups is 1. The highest BCUT2D eigenvalue weighted by atomic mass is 79.9. The lowest BCUT2D eigenvalue weighted by molar-refractivity contribution is 0.214. The molecule has 0 aliphatic rings. The summed E-state index contributed by atoms with van der Waals surface area (Å²) in [4.78, 5) is 0.0875. The molecule has 0 radical (unpaired) electrons. The van der Waals surface area contributed by atoms with Crippen LogP contribution in [0.3, 0.4) is 0 Å². The van der Waals surface area contributed by atoms with Gasteiger partial charge in [0.1, 0.15) is 11.9 Å². The van der Waals surface area contributed by atoms with Gasteiger partial charge in [-0.05, 0) is 39.7 Å². The van der Waals surface area contributed by atoms with Crippen molar-refractivity contribution in [2.24, 2.45) is 0 Å². The molecule has 0 aliphatic heterocycles. The lowest BCUT2D eigenvalue weighted by atomic mass is 10.0. The molecule has 6 heteroatoms. The number of rotatable bonds is 3. The Morgan fingerprint density at radius 3 is 2.50 bits per heavy atom. The molecule has 2 aromatic rings. The fourth-order valence-corrected chi connectivity index (χ4v) is 2.88. The Morgan fingerprint density at radius 2 is 1.85 bits per heavy atom. The third-order valence-corrected chi connectivity index (χ3v) is 4.60. The minimum atomic E-state index is -3.37. The summed E-state index contributed by atoms with van der Waals surface area (Å²) in [5, 5.41) is 10.2. The molecule has 0 spiro atoms. The van der Waals surface area contributed by atoms with E-state index in [9.17, 15) is 17.9 Å². The van der Waals surface area contributed by atoms with E-state index >= 15 is 0 Å². The van der Waals surface area contributed by atoms with Gasteiger partial charge in [-0.3, -0.25) is 0 Å². The Morgan fingerprint density at radius 1 is 1.20 bits per heavy atom. The van der Waals surface area contributed by atoms with Crippen molar-refractivity contribution in [2.75, 3.05) is 6.26 Å². The first kappa shape index (κ1) is 15.2. The predicted octanol–water partition coefficient (Wildman–Crippen LogP) is 3.07. The molecule has 0 heterocycles. The maximum atomic E-state index is 13.9. The molecule has 20 heavy (non-hydrogen) atoms. The third kappa shape index (κ3) is 3.08. The first-order valence-electron chi connectivity index (χ1n) is 5.72. The molecule has 0 saturated heterocycles. The second-order valence-corrected chi connectivity index (χ2v) is 7.26.